The van der Waals surface area contributed by atoms with E-state index in [4.69, 9.17) is 0 Å². The van der Waals surface area contributed by atoms with Gasteiger partial charge in [-0.2, -0.15) is 4.31 Å². The summed E-state index contributed by atoms with van der Waals surface area (Å²) in [6, 6.07) is 10.6. The predicted molar refractivity (Wildman–Crippen MR) is 140 cm³/mol. The van der Waals surface area contributed by atoms with E-state index in [1.54, 1.807) is 18.2 Å². The highest BCUT2D eigenvalue weighted by atomic mass is 32.2. The third-order valence-electron chi connectivity index (χ3n) is 6.87. The minimum Gasteiger partial charge on any atom is -0.324 e. The zero-order chi connectivity index (χ0) is 25.3. The molecule has 0 spiro atoms. The first-order valence-corrected chi connectivity index (χ1v) is 14.4. The van der Waals surface area contributed by atoms with Gasteiger partial charge in [0.25, 0.3) is 0 Å². The van der Waals surface area contributed by atoms with E-state index in [0.717, 1.165) is 28.9 Å². The standard InChI is InChI=1S/C26H33N3O4S2/c1-17-10-12-28(13-11-17)35(32,33)21-8-9-24-23(15-21)29(26(31)14-19(3)34-24)16-25(30)27-22-7-5-6-18(2)20(22)4/h5-9,15,17,19H,10-14,16H2,1-4H3,(H,27,30)/t19-/m0/s1. The maximum atomic E-state index is 13.4. The number of anilines is 2. The number of nitrogens with one attached hydrogen (secondary N) is 1. The molecule has 2 heterocycles. The lowest BCUT2D eigenvalue weighted by Gasteiger charge is -2.30. The van der Waals surface area contributed by atoms with E-state index in [1.165, 1.54) is 21.0 Å². The molecule has 0 bridgehead atoms. The molecule has 0 aromatic heterocycles. The van der Waals surface area contributed by atoms with Gasteiger partial charge in [-0.1, -0.05) is 26.0 Å². The van der Waals surface area contributed by atoms with E-state index in [2.05, 4.69) is 12.2 Å². The van der Waals surface area contributed by atoms with Crippen molar-refractivity contribution in [2.24, 2.45) is 5.92 Å². The molecule has 1 saturated heterocycles. The van der Waals surface area contributed by atoms with E-state index in [1.807, 2.05) is 39.0 Å². The summed E-state index contributed by atoms with van der Waals surface area (Å²) in [5, 5.41) is 2.93. The first-order valence-electron chi connectivity index (χ1n) is 12.0. The lowest BCUT2D eigenvalue weighted by Crippen LogP contribution is -2.39. The number of sulfonamides is 1. The predicted octanol–water partition coefficient (Wildman–Crippen LogP) is 4.58. The SMILES string of the molecule is Cc1cccc(NC(=O)CN2C(=O)C[C@H](C)Sc3ccc(S(=O)(=O)N4CCC(C)CC4)cc32)c1C. The summed E-state index contributed by atoms with van der Waals surface area (Å²) >= 11 is 1.53. The van der Waals surface area contributed by atoms with Crippen LogP contribution in [0.4, 0.5) is 11.4 Å². The lowest BCUT2D eigenvalue weighted by molar-refractivity contribution is -0.121. The second-order valence-corrected chi connectivity index (χ2v) is 13.0. The number of benzene rings is 2. The fourth-order valence-corrected chi connectivity index (χ4v) is 7.07. The summed E-state index contributed by atoms with van der Waals surface area (Å²) in [6.45, 7) is 8.82. The molecular weight excluding hydrogens is 482 g/mol. The molecule has 7 nitrogen and oxygen atoms in total. The lowest BCUT2D eigenvalue weighted by atomic mass is 10.0. The highest BCUT2D eigenvalue weighted by molar-refractivity contribution is 8.00. The average Bonchev–Trinajstić information content (AvgIpc) is 2.92. The molecular formula is C26H33N3O4S2. The minimum absolute atomic E-state index is 0.0133. The number of piperidine rings is 1. The van der Waals surface area contributed by atoms with Crippen LogP contribution in [0.25, 0.3) is 0 Å². The highest BCUT2D eigenvalue weighted by Crippen LogP contribution is 2.40. The van der Waals surface area contributed by atoms with Crippen LogP contribution in [0.5, 0.6) is 0 Å². The molecule has 2 aliphatic rings. The highest BCUT2D eigenvalue weighted by Gasteiger charge is 2.32. The topological polar surface area (TPSA) is 86.8 Å². The molecule has 2 aromatic carbocycles. The third kappa shape index (κ3) is 5.57. The number of rotatable bonds is 5. The van der Waals surface area contributed by atoms with Gasteiger partial charge in [0.1, 0.15) is 6.54 Å². The Bertz CT molecular complexity index is 1240. The number of hydrogen-bond acceptors (Lipinski definition) is 5. The average molecular weight is 516 g/mol. The van der Waals surface area contributed by atoms with Crippen LogP contribution in [-0.4, -0.2) is 49.4 Å². The van der Waals surface area contributed by atoms with Gasteiger partial charge >= 0.3 is 0 Å². The van der Waals surface area contributed by atoms with Crippen LogP contribution in [0.2, 0.25) is 0 Å². The summed E-state index contributed by atoms with van der Waals surface area (Å²) in [6.07, 6.45) is 1.93. The van der Waals surface area contributed by atoms with Crippen molar-refractivity contribution in [2.75, 3.05) is 29.9 Å². The molecule has 4 rings (SSSR count). The number of thioether (sulfide) groups is 1. The zero-order valence-corrected chi connectivity index (χ0v) is 22.3. The number of carbonyl (C=O) groups excluding carboxylic acids is 2. The number of hydrogen-bond donors (Lipinski definition) is 1. The maximum Gasteiger partial charge on any atom is 0.244 e. The van der Waals surface area contributed by atoms with E-state index < -0.39 is 10.0 Å². The van der Waals surface area contributed by atoms with Crippen molar-refractivity contribution in [3.8, 4) is 0 Å². The smallest absolute Gasteiger partial charge is 0.244 e. The van der Waals surface area contributed by atoms with Crippen molar-refractivity contribution >= 4 is 45.0 Å². The van der Waals surface area contributed by atoms with Crippen molar-refractivity contribution < 1.29 is 18.0 Å². The van der Waals surface area contributed by atoms with Crippen LogP contribution in [0.3, 0.4) is 0 Å². The van der Waals surface area contributed by atoms with Gasteiger partial charge in [-0.15, -0.1) is 11.8 Å². The van der Waals surface area contributed by atoms with Crippen molar-refractivity contribution in [1.82, 2.24) is 4.31 Å². The first kappa shape index (κ1) is 25.7. The van der Waals surface area contributed by atoms with E-state index in [-0.39, 0.29) is 34.9 Å². The molecule has 2 aromatic rings. The Hall–Kier alpha value is -2.36. The zero-order valence-electron chi connectivity index (χ0n) is 20.7. The maximum absolute atomic E-state index is 13.4. The number of amides is 2. The van der Waals surface area contributed by atoms with Gasteiger partial charge < -0.3 is 10.2 Å². The molecule has 0 radical (unpaired) electrons. The molecule has 0 aliphatic carbocycles. The second-order valence-electron chi connectivity index (χ2n) is 9.62. The molecule has 9 heteroatoms. The number of fused-ring (bicyclic) bond motifs is 1. The molecule has 35 heavy (non-hydrogen) atoms. The Labute approximate surface area is 212 Å². The molecule has 2 amide bonds. The Balaban J connectivity index is 1.64. The monoisotopic (exact) mass is 515 g/mol. The summed E-state index contributed by atoms with van der Waals surface area (Å²) in [4.78, 5) is 28.6. The van der Waals surface area contributed by atoms with Gasteiger partial charge in [-0.3, -0.25) is 9.59 Å². The van der Waals surface area contributed by atoms with Gasteiger partial charge in [0.2, 0.25) is 21.8 Å². The number of carbonyl (C=O) groups is 2. The Morgan fingerprint density at radius 2 is 1.83 bits per heavy atom. The molecule has 1 fully saturated rings. The largest absolute Gasteiger partial charge is 0.324 e. The van der Waals surface area contributed by atoms with Gasteiger partial charge in [0.15, 0.2) is 0 Å². The molecule has 0 saturated carbocycles. The van der Waals surface area contributed by atoms with E-state index >= 15 is 0 Å². The second kappa shape index (κ2) is 10.3. The summed E-state index contributed by atoms with van der Waals surface area (Å²) in [7, 11) is -3.69. The summed E-state index contributed by atoms with van der Waals surface area (Å²) in [5.41, 5.74) is 3.21. The van der Waals surface area contributed by atoms with Gasteiger partial charge in [0.05, 0.1) is 10.6 Å². The van der Waals surface area contributed by atoms with Crippen molar-refractivity contribution in [1.29, 1.82) is 0 Å². The van der Waals surface area contributed by atoms with E-state index in [9.17, 15) is 18.0 Å². The molecule has 188 valence electrons. The van der Waals surface area contributed by atoms with Crippen LogP contribution in [-0.2, 0) is 19.6 Å². The molecule has 1 N–H and O–H groups in total. The molecule has 2 aliphatic heterocycles. The van der Waals surface area contributed by atoms with Crippen LogP contribution < -0.4 is 10.2 Å². The van der Waals surface area contributed by atoms with Gasteiger partial charge in [-0.05, 0) is 68.0 Å². The fraction of sp³-hybridized carbons (Fsp3) is 0.462. The summed E-state index contributed by atoms with van der Waals surface area (Å²) < 4.78 is 28.3. The molecule has 1 atom stereocenters. The first-order chi connectivity index (χ1) is 16.6. The molecule has 0 unspecified atom stereocenters. The van der Waals surface area contributed by atoms with Crippen molar-refractivity contribution in [2.45, 2.75) is 62.0 Å². The van der Waals surface area contributed by atoms with Gasteiger partial charge in [0, 0.05) is 35.3 Å². The normalized spacial score (nSPS) is 19.8. The van der Waals surface area contributed by atoms with Gasteiger partial charge in [-0.25, -0.2) is 8.42 Å². The number of aryl methyl sites for hydroxylation is 1. The number of nitrogens with zero attached hydrogens (tertiary/aromatic N) is 2. The third-order valence-corrected chi connectivity index (χ3v) is 9.94. The Morgan fingerprint density at radius 1 is 1.11 bits per heavy atom. The fourth-order valence-electron chi connectivity index (χ4n) is 4.48. The van der Waals surface area contributed by atoms with Crippen LogP contribution in [0, 0.1) is 19.8 Å². The van der Waals surface area contributed by atoms with Crippen LogP contribution in [0.15, 0.2) is 46.2 Å². The Kier molecular flexibility index (Phi) is 7.59. The summed E-state index contributed by atoms with van der Waals surface area (Å²) in [5.74, 6) is -0.00733. The van der Waals surface area contributed by atoms with Crippen molar-refractivity contribution in [3.05, 3.63) is 47.5 Å². The van der Waals surface area contributed by atoms with Crippen LogP contribution >= 0.6 is 11.8 Å². The quantitative estimate of drug-likeness (QED) is 0.630. The van der Waals surface area contributed by atoms with E-state index in [0.29, 0.717) is 30.4 Å². The van der Waals surface area contributed by atoms with Crippen LogP contribution in [0.1, 0.15) is 44.2 Å². The van der Waals surface area contributed by atoms with Crippen molar-refractivity contribution in [3.63, 3.8) is 0 Å². The Morgan fingerprint density at radius 3 is 2.54 bits per heavy atom. The minimum atomic E-state index is -3.69.